The maximum atomic E-state index is 5.59. The van der Waals surface area contributed by atoms with Crippen molar-refractivity contribution in [1.82, 2.24) is 19.8 Å². The van der Waals surface area contributed by atoms with E-state index in [-0.39, 0.29) is 6.17 Å². The third-order valence-electron chi connectivity index (χ3n) is 13.6. The Morgan fingerprint density at radius 3 is 1.43 bits per heavy atom. The SMILES string of the molecule is c1ccc(C2=NC(n3c4ccccc4c4ccc5c6ccccc6n(-c6cc(-c7ccc(-c8ccccc8)cc7)ccc6-c6ccccc6)c5c43)NC(c3ccc(-c4ccccc4)cc3)N2)cc1. The average Bonchev–Trinajstić information content (AvgIpc) is 3.95. The Kier molecular flexibility index (Phi) is 9.66. The monoisotopic (exact) mass is 871 g/mol. The number of aromatic nitrogens is 2. The summed E-state index contributed by atoms with van der Waals surface area (Å²) in [4.78, 5) is 5.59. The zero-order valence-electron chi connectivity index (χ0n) is 37.2. The molecule has 0 spiro atoms. The van der Waals surface area contributed by atoms with E-state index < -0.39 is 6.29 Å². The molecule has 12 aromatic rings. The second-order valence-electron chi connectivity index (χ2n) is 17.6. The maximum absolute atomic E-state index is 5.59. The highest BCUT2D eigenvalue weighted by Gasteiger charge is 2.30. The molecule has 13 rings (SSSR count). The normalized spacial score (nSPS) is 14.9. The molecule has 0 bridgehead atoms. The summed E-state index contributed by atoms with van der Waals surface area (Å²) in [6.07, 6.45) is -0.721. The van der Waals surface area contributed by atoms with Crippen LogP contribution in [0.15, 0.2) is 254 Å². The average molecular weight is 872 g/mol. The van der Waals surface area contributed by atoms with Crippen LogP contribution in [-0.2, 0) is 0 Å². The zero-order chi connectivity index (χ0) is 45.0. The van der Waals surface area contributed by atoms with Crippen molar-refractivity contribution in [2.24, 2.45) is 4.99 Å². The van der Waals surface area contributed by atoms with Gasteiger partial charge in [-0.25, -0.2) is 4.99 Å². The van der Waals surface area contributed by atoms with Gasteiger partial charge in [-0.3, -0.25) is 5.32 Å². The number of hydrogen-bond acceptors (Lipinski definition) is 3. The van der Waals surface area contributed by atoms with E-state index >= 15 is 0 Å². The summed E-state index contributed by atoms with van der Waals surface area (Å²) in [7, 11) is 0. The van der Waals surface area contributed by atoms with E-state index in [9.17, 15) is 0 Å². The van der Waals surface area contributed by atoms with Crippen LogP contribution in [0.5, 0.6) is 0 Å². The lowest BCUT2D eigenvalue weighted by molar-refractivity contribution is 0.341. The van der Waals surface area contributed by atoms with Crippen LogP contribution in [0, 0.1) is 0 Å². The van der Waals surface area contributed by atoms with E-state index in [1.54, 1.807) is 0 Å². The van der Waals surface area contributed by atoms with E-state index in [2.05, 4.69) is 268 Å². The molecule has 3 heterocycles. The number of para-hydroxylation sites is 2. The maximum Gasteiger partial charge on any atom is 0.184 e. The van der Waals surface area contributed by atoms with Crippen molar-refractivity contribution >= 4 is 49.4 Å². The minimum absolute atomic E-state index is 0.242. The topological polar surface area (TPSA) is 46.3 Å². The molecule has 5 nitrogen and oxygen atoms in total. The Hall–Kier alpha value is -8.77. The first kappa shape index (κ1) is 39.6. The minimum atomic E-state index is -0.479. The predicted molar refractivity (Wildman–Crippen MR) is 283 cm³/mol. The van der Waals surface area contributed by atoms with E-state index in [1.807, 2.05) is 0 Å². The molecule has 0 radical (unpaired) electrons. The largest absolute Gasteiger partial charge is 0.350 e. The molecule has 1 aliphatic rings. The third-order valence-corrected chi connectivity index (χ3v) is 13.6. The van der Waals surface area contributed by atoms with E-state index in [4.69, 9.17) is 4.99 Å². The third kappa shape index (κ3) is 6.79. The van der Waals surface area contributed by atoms with Crippen molar-refractivity contribution in [2.45, 2.75) is 12.5 Å². The van der Waals surface area contributed by atoms with Crippen molar-refractivity contribution in [3.8, 4) is 50.2 Å². The predicted octanol–water partition coefficient (Wildman–Crippen LogP) is 15.4. The quantitative estimate of drug-likeness (QED) is 0.160. The number of nitrogens with zero attached hydrogens (tertiary/aromatic N) is 3. The molecular formula is C63H45N5. The molecule has 2 atom stereocenters. The molecule has 0 saturated heterocycles. The molecule has 2 N–H and O–H groups in total. The van der Waals surface area contributed by atoms with E-state index in [1.165, 1.54) is 43.8 Å². The number of aliphatic imine (C=N–C) groups is 1. The van der Waals surface area contributed by atoms with Crippen LogP contribution in [0.1, 0.15) is 23.6 Å². The summed E-state index contributed by atoms with van der Waals surface area (Å²) in [5, 5.41) is 12.6. The molecule has 68 heavy (non-hydrogen) atoms. The zero-order valence-corrected chi connectivity index (χ0v) is 37.2. The molecule has 2 unspecified atom stereocenters. The molecule has 1 aliphatic heterocycles. The number of amidine groups is 1. The Balaban J connectivity index is 1.06. The summed E-state index contributed by atoms with van der Waals surface area (Å²) in [5.41, 5.74) is 17.2. The highest BCUT2D eigenvalue weighted by molar-refractivity contribution is 6.23. The smallest absolute Gasteiger partial charge is 0.184 e. The van der Waals surface area contributed by atoms with Crippen molar-refractivity contribution in [3.63, 3.8) is 0 Å². The molecule has 0 saturated carbocycles. The van der Waals surface area contributed by atoms with Crippen LogP contribution in [0.3, 0.4) is 0 Å². The van der Waals surface area contributed by atoms with Gasteiger partial charge in [-0.15, -0.1) is 0 Å². The lowest BCUT2D eigenvalue weighted by Crippen LogP contribution is -2.46. The van der Waals surface area contributed by atoms with Gasteiger partial charge in [0.15, 0.2) is 6.29 Å². The van der Waals surface area contributed by atoms with Crippen LogP contribution in [0.2, 0.25) is 0 Å². The lowest BCUT2D eigenvalue weighted by atomic mass is 9.96. The second-order valence-corrected chi connectivity index (χ2v) is 17.6. The Labute approximate surface area is 394 Å². The molecule has 0 aliphatic carbocycles. The van der Waals surface area contributed by atoms with E-state index in [0.29, 0.717) is 0 Å². The summed E-state index contributed by atoms with van der Waals surface area (Å²) in [6, 6.07) is 89.6. The second kappa shape index (κ2) is 16.6. The first-order valence-electron chi connectivity index (χ1n) is 23.4. The van der Waals surface area contributed by atoms with Gasteiger partial charge in [0, 0.05) is 32.7 Å². The summed E-state index contributed by atoms with van der Waals surface area (Å²) in [5.74, 6) is 0.836. The molecule has 5 heteroatoms. The first-order valence-corrected chi connectivity index (χ1v) is 23.4. The van der Waals surface area contributed by atoms with Crippen LogP contribution in [-0.4, -0.2) is 15.0 Å². The number of hydrogen-bond donors (Lipinski definition) is 2. The van der Waals surface area contributed by atoms with Gasteiger partial charge in [-0.2, -0.15) is 0 Å². The van der Waals surface area contributed by atoms with Crippen LogP contribution in [0.4, 0.5) is 0 Å². The van der Waals surface area contributed by atoms with Crippen molar-refractivity contribution < 1.29 is 0 Å². The highest BCUT2D eigenvalue weighted by atomic mass is 15.4. The minimum Gasteiger partial charge on any atom is -0.350 e. The van der Waals surface area contributed by atoms with E-state index in [0.717, 1.165) is 67.0 Å². The molecule has 10 aromatic carbocycles. The van der Waals surface area contributed by atoms with Crippen molar-refractivity contribution in [2.75, 3.05) is 0 Å². The number of rotatable bonds is 8. The van der Waals surface area contributed by atoms with Crippen molar-refractivity contribution in [1.29, 1.82) is 0 Å². The fraction of sp³-hybridized carbons (Fsp3) is 0.0317. The molecular weight excluding hydrogens is 827 g/mol. The van der Waals surface area contributed by atoms with Gasteiger partial charge >= 0.3 is 0 Å². The molecule has 0 amide bonds. The molecule has 0 fully saturated rings. The van der Waals surface area contributed by atoms with Crippen molar-refractivity contribution in [3.05, 3.63) is 260 Å². The van der Waals surface area contributed by atoms with Crippen LogP contribution < -0.4 is 10.6 Å². The fourth-order valence-electron chi connectivity index (χ4n) is 10.4. The molecule has 322 valence electrons. The Morgan fingerprint density at radius 2 is 0.809 bits per heavy atom. The molecule has 2 aromatic heterocycles. The summed E-state index contributed by atoms with van der Waals surface area (Å²) < 4.78 is 4.97. The van der Waals surface area contributed by atoms with Gasteiger partial charge in [0.25, 0.3) is 0 Å². The highest BCUT2D eigenvalue weighted by Crippen LogP contribution is 2.44. The lowest BCUT2D eigenvalue weighted by Gasteiger charge is -2.33. The first-order chi connectivity index (χ1) is 33.7. The van der Waals surface area contributed by atoms with Crippen LogP contribution >= 0.6 is 0 Å². The number of benzene rings is 10. The van der Waals surface area contributed by atoms with Gasteiger partial charge in [-0.1, -0.05) is 231 Å². The fourth-order valence-corrected chi connectivity index (χ4v) is 10.4. The van der Waals surface area contributed by atoms with Gasteiger partial charge in [0.2, 0.25) is 0 Å². The van der Waals surface area contributed by atoms with Gasteiger partial charge < -0.3 is 14.5 Å². The standard InChI is InChI=1S/C63H45N5/c1-5-17-42(18-6-1)44-29-31-46(32-30-44)50-37-38-51(47-21-9-3-10-22-47)58(41-50)67-56-27-15-13-25-52(56)54-39-40-55-53-26-14-16-28-57(53)68(60(55)59(54)67)63-65-61(48-23-11-4-12-24-48)64-62(66-63)49-35-33-45(34-36-49)43-19-7-2-8-20-43/h1-41,62-63,66H,(H,64,65). The Bertz CT molecular complexity index is 3820. The summed E-state index contributed by atoms with van der Waals surface area (Å²) >= 11 is 0. The number of fused-ring (bicyclic) bond motifs is 7. The Morgan fingerprint density at radius 1 is 0.353 bits per heavy atom. The van der Waals surface area contributed by atoms with Crippen LogP contribution in [0.25, 0.3) is 93.8 Å². The number of nitrogens with one attached hydrogen (secondary N) is 2. The van der Waals surface area contributed by atoms with Gasteiger partial charge in [-0.05, 0) is 62.7 Å². The summed E-state index contributed by atoms with van der Waals surface area (Å²) in [6.45, 7) is 0. The van der Waals surface area contributed by atoms with Gasteiger partial charge in [0.05, 0.1) is 27.8 Å². The van der Waals surface area contributed by atoms with Gasteiger partial charge in [0.1, 0.15) is 12.0 Å².